The van der Waals surface area contributed by atoms with Gasteiger partial charge in [0.05, 0.1) is 0 Å². The molecular weight excluding hydrogens is 468 g/mol. The molecule has 0 fully saturated rings. The highest BCUT2D eigenvalue weighted by molar-refractivity contribution is 5.87. The highest BCUT2D eigenvalue weighted by atomic mass is 16.6. The van der Waals surface area contributed by atoms with E-state index in [9.17, 15) is 9.59 Å². The minimum atomic E-state index is -0.433. The van der Waals surface area contributed by atoms with Crippen molar-refractivity contribution in [2.24, 2.45) is 0 Å². The third-order valence-corrected chi connectivity index (χ3v) is 5.14. The van der Waals surface area contributed by atoms with Gasteiger partial charge in [-0.3, -0.25) is 0 Å². The second-order valence-corrected chi connectivity index (χ2v) is 8.00. The van der Waals surface area contributed by atoms with Gasteiger partial charge in [0.15, 0.2) is 0 Å². The lowest BCUT2D eigenvalue weighted by Gasteiger charge is -2.08. The van der Waals surface area contributed by atoms with Crippen molar-refractivity contribution in [2.45, 2.75) is 6.92 Å². The predicted octanol–water partition coefficient (Wildman–Crippen LogP) is 6.29. The Morgan fingerprint density at radius 1 is 0.676 bits per heavy atom. The van der Waals surface area contributed by atoms with Gasteiger partial charge in [-0.2, -0.15) is 0 Å². The fraction of sp³-hybridized carbons (Fsp3) is 0.161. The molecule has 0 radical (unpaired) electrons. The van der Waals surface area contributed by atoms with E-state index in [0.717, 1.165) is 28.3 Å². The molecule has 6 heteroatoms. The molecule has 0 aliphatic heterocycles. The normalized spacial score (nSPS) is 10.1. The first kappa shape index (κ1) is 27.0. The minimum absolute atomic E-state index is 0.220. The number of benzene rings is 4. The first-order valence-electron chi connectivity index (χ1n) is 11.8. The van der Waals surface area contributed by atoms with Gasteiger partial charge < -0.3 is 18.9 Å². The lowest BCUT2D eigenvalue weighted by Crippen LogP contribution is -2.12. The molecule has 0 atom stereocenters. The topological polar surface area (TPSA) is 71.1 Å². The number of fused-ring (bicyclic) bond motifs is 2. The first-order valence-corrected chi connectivity index (χ1v) is 11.8. The van der Waals surface area contributed by atoms with Gasteiger partial charge in [-0.15, -0.1) is 0 Å². The van der Waals surface area contributed by atoms with Gasteiger partial charge in [-0.25, -0.2) is 9.59 Å². The molecule has 0 saturated carbocycles. The smallest absolute Gasteiger partial charge is 0.333 e. The second kappa shape index (κ2) is 14.1. The summed E-state index contributed by atoms with van der Waals surface area (Å²) in [6, 6.07) is 27.9. The maximum absolute atomic E-state index is 11.2. The van der Waals surface area contributed by atoms with E-state index in [4.69, 9.17) is 18.9 Å². The fourth-order valence-corrected chi connectivity index (χ4v) is 3.29. The van der Waals surface area contributed by atoms with Crippen LogP contribution in [-0.2, 0) is 19.1 Å². The van der Waals surface area contributed by atoms with Crippen LogP contribution in [0, 0.1) is 0 Å². The highest BCUT2D eigenvalue weighted by Gasteiger charge is 2.03. The molecule has 0 amide bonds. The highest BCUT2D eigenvalue weighted by Crippen LogP contribution is 2.21. The molecule has 0 heterocycles. The van der Waals surface area contributed by atoms with Crippen molar-refractivity contribution in [2.75, 3.05) is 26.4 Å². The predicted molar refractivity (Wildman–Crippen MR) is 146 cm³/mol. The number of hydrogen-bond donors (Lipinski definition) is 0. The van der Waals surface area contributed by atoms with Crippen molar-refractivity contribution in [3.63, 3.8) is 0 Å². The zero-order valence-electron chi connectivity index (χ0n) is 20.9. The first-order chi connectivity index (χ1) is 18.0. The summed E-state index contributed by atoms with van der Waals surface area (Å²) in [7, 11) is 0. The SMILES string of the molecule is C=C(C)C(=O)OCCOc1ccc2ccccc2c1.C=CC(=O)OCCOc1ccc2ccccc2c1. The van der Waals surface area contributed by atoms with Crippen LogP contribution in [0.15, 0.2) is 110 Å². The lowest BCUT2D eigenvalue weighted by atomic mass is 10.1. The van der Waals surface area contributed by atoms with E-state index in [1.807, 2.05) is 84.9 Å². The third kappa shape index (κ3) is 8.85. The van der Waals surface area contributed by atoms with Gasteiger partial charge >= 0.3 is 11.9 Å². The molecule has 0 saturated heterocycles. The number of carbonyl (C=O) groups is 2. The Morgan fingerprint density at radius 3 is 1.59 bits per heavy atom. The number of ether oxygens (including phenoxy) is 4. The van der Waals surface area contributed by atoms with Crippen LogP contribution in [0.4, 0.5) is 0 Å². The van der Waals surface area contributed by atoms with Crippen LogP contribution >= 0.6 is 0 Å². The molecule has 0 bridgehead atoms. The molecule has 6 nitrogen and oxygen atoms in total. The van der Waals surface area contributed by atoms with Crippen molar-refractivity contribution in [1.82, 2.24) is 0 Å². The van der Waals surface area contributed by atoms with Crippen LogP contribution in [-0.4, -0.2) is 38.4 Å². The van der Waals surface area contributed by atoms with Gasteiger partial charge in [-0.1, -0.05) is 73.8 Å². The van der Waals surface area contributed by atoms with Crippen LogP contribution < -0.4 is 9.47 Å². The molecule has 0 aliphatic rings. The molecular formula is C31H30O6. The van der Waals surface area contributed by atoms with Crippen LogP contribution in [0.1, 0.15) is 6.92 Å². The maximum atomic E-state index is 11.2. The van der Waals surface area contributed by atoms with Crippen molar-refractivity contribution < 1.29 is 28.5 Å². The summed E-state index contributed by atoms with van der Waals surface area (Å²) in [6.45, 7) is 9.55. The Labute approximate surface area is 216 Å². The maximum Gasteiger partial charge on any atom is 0.333 e. The standard InChI is InChI=1S/C16H16O3.C15H14O3/c1-12(2)16(17)19-10-9-18-15-8-7-13-5-3-4-6-14(13)11-15;1-2-15(16)18-10-9-17-14-8-7-12-5-3-4-6-13(12)11-14/h3-8,11H,1,9-10H2,2H3;2-8,11H,1,9-10H2. The van der Waals surface area contributed by atoms with E-state index < -0.39 is 5.97 Å². The summed E-state index contributed by atoms with van der Waals surface area (Å²) in [6.07, 6.45) is 1.13. The average molecular weight is 499 g/mol. The Morgan fingerprint density at radius 2 is 1.14 bits per heavy atom. The molecule has 4 aromatic carbocycles. The van der Waals surface area contributed by atoms with E-state index in [-0.39, 0.29) is 19.2 Å². The molecule has 190 valence electrons. The van der Waals surface area contributed by atoms with Crippen molar-refractivity contribution in [1.29, 1.82) is 0 Å². The van der Waals surface area contributed by atoms with Crippen LogP contribution in [0.5, 0.6) is 11.5 Å². The number of esters is 2. The molecule has 4 aromatic rings. The zero-order chi connectivity index (χ0) is 26.5. The van der Waals surface area contributed by atoms with Gasteiger partial charge in [0.1, 0.15) is 37.9 Å². The van der Waals surface area contributed by atoms with Gasteiger partial charge in [0.25, 0.3) is 0 Å². The molecule has 0 aromatic heterocycles. The van der Waals surface area contributed by atoms with Gasteiger partial charge in [0.2, 0.25) is 0 Å². The quantitative estimate of drug-likeness (QED) is 0.145. The second-order valence-electron chi connectivity index (χ2n) is 8.00. The van der Waals surface area contributed by atoms with E-state index in [0.29, 0.717) is 18.8 Å². The summed E-state index contributed by atoms with van der Waals surface area (Å²) in [5, 5.41) is 4.59. The summed E-state index contributed by atoms with van der Waals surface area (Å²) in [5.74, 6) is 0.715. The average Bonchev–Trinajstić information content (AvgIpc) is 2.93. The van der Waals surface area contributed by atoms with Gasteiger partial charge in [-0.05, 0) is 52.7 Å². The zero-order valence-corrected chi connectivity index (χ0v) is 20.9. The summed E-state index contributed by atoms with van der Waals surface area (Å²) in [4.78, 5) is 22.0. The summed E-state index contributed by atoms with van der Waals surface area (Å²) < 4.78 is 20.8. The number of rotatable bonds is 10. The van der Waals surface area contributed by atoms with Crippen LogP contribution in [0.3, 0.4) is 0 Å². The molecule has 0 unspecified atom stereocenters. The van der Waals surface area contributed by atoms with E-state index in [1.165, 1.54) is 10.8 Å². The van der Waals surface area contributed by atoms with Crippen LogP contribution in [0.25, 0.3) is 21.5 Å². The lowest BCUT2D eigenvalue weighted by molar-refractivity contribution is -0.140. The minimum Gasteiger partial charge on any atom is -0.490 e. The van der Waals surface area contributed by atoms with E-state index in [1.54, 1.807) is 6.92 Å². The Hall–Kier alpha value is -4.58. The van der Waals surface area contributed by atoms with Crippen molar-refractivity contribution in [3.8, 4) is 11.5 Å². The Kier molecular flexibility index (Phi) is 10.3. The Bertz CT molecular complexity index is 1370. The fourth-order valence-electron chi connectivity index (χ4n) is 3.29. The number of hydrogen-bond acceptors (Lipinski definition) is 6. The molecule has 4 rings (SSSR count). The molecule has 37 heavy (non-hydrogen) atoms. The van der Waals surface area contributed by atoms with Crippen molar-refractivity contribution >= 4 is 33.5 Å². The summed E-state index contributed by atoms with van der Waals surface area (Å²) in [5.41, 5.74) is 0.394. The largest absolute Gasteiger partial charge is 0.490 e. The molecule has 0 aliphatic carbocycles. The molecule has 0 N–H and O–H groups in total. The monoisotopic (exact) mass is 498 g/mol. The van der Waals surface area contributed by atoms with Gasteiger partial charge in [0, 0.05) is 11.6 Å². The molecule has 0 spiro atoms. The van der Waals surface area contributed by atoms with E-state index >= 15 is 0 Å². The number of carbonyl (C=O) groups excluding carboxylic acids is 2. The third-order valence-electron chi connectivity index (χ3n) is 5.14. The van der Waals surface area contributed by atoms with Crippen LogP contribution in [0.2, 0.25) is 0 Å². The summed E-state index contributed by atoms with van der Waals surface area (Å²) >= 11 is 0. The van der Waals surface area contributed by atoms with Crippen molar-refractivity contribution in [3.05, 3.63) is 110 Å². The van der Waals surface area contributed by atoms with E-state index in [2.05, 4.69) is 13.2 Å². The Balaban J connectivity index is 0.000000206.